The Labute approximate surface area is 115 Å². The summed E-state index contributed by atoms with van der Waals surface area (Å²) in [6.07, 6.45) is 1.73. The number of anilines is 1. The molecular weight excluding hydrogens is 258 g/mol. The van der Waals surface area contributed by atoms with Gasteiger partial charge in [-0.2, -0.15) is 4.37 Å². The van der Waals surface area contributed by atoms with Crippen molar-refractivity contribution in [2.45, 2.75) is 6.54 Å². The van der Waals surface area contributed by atoms with Crippen molar-refractivity contribution >= 4 is 27.4 Å². The van der Waals surface area contributed by atoms with Crippen molar-refractivity contribution in [3.05, 3.63) is 48.2 Å². The second kappa shape index (κ2) is 5.24. The highest BCUT2D eigenvalue weighted by Gasteiger charge is 2.07. The van der Waals surface area contributed by atoms with Crippen molar-refractivity contribution in [2.24, 2.45) is 0 Å². The van der Waals surface area contributed by atoms with Crippen LogP contribution < -0.4 is 10.1 Å². The fraction of sp³-hybridized carbons (Fsp3) is 0.143. The summed E-state index contributed by atoms with van der Waals surface area (Å²) in [5.74, 6) is 0.656. The Kier molecular flexibility index (Phi) is 3.29. The largest absolute Gasteiger partial charge is 0.481 e. The summed E-state index contributed by atoms with van der Waals surface area (Å²) in [7, 11) is 1.63. The number of rotatable bonds is 4. The molecule has 3 rings (SSSR count). The highest BCUT2D eigenvalue weighted by molar-refractivity contribution is 7.11. The standard InChI is InChI=1S/C14H13N3OS/c1-18-13-10(5-4-8-15-13)9-16-14-11-6-2-3-7-12(11)17-19-14/h2-8,16H,9H2,1H3. The normalized spacial score (nSPS) is 10.6. The summed E-state index contributed by atoms with van der Waals surface area (Å²) >= 11 is 1.47. The van der Waals surface area contributed by atoms with Gasteiger partial charge >= 0.3 is 0 Å². The second-order valence-corrected chi connectivity index (χ2v) is 4.83. The van der Waals surface area contributed by atoms with E-state index in [1.165, 1.54) is 11.5 Å². The quantitative estimate of drug-likeness (QED) is 0.790. The van der Waals surface area contributed by atoms with Gasteiger partial charge in [0.05, 0.1) is 12.6 Å². The number of ether oxygens (including phenoxy) is 1. The molecule has 0 aliphatic carbocycles. The van der Waals surface area contributed by atoms with Crippen molar-refractivity contribution in [3.8, 4) is 5.88 Å². The average molecular weight is 271 g/mol. The zero-order valence-corrected chi connectivity index (χ0v) is 11.3. The molecule has 0 amide bonds. The van der Waals surface area contributed by atoms with Crippen molar-refractivity contribution in [1.82, 2.24) is 9.36 Å². The van der Waals surface area contributed by atoms with Gasteiger partial charge in [-0.3, -0.25) is 0 Å². The Hall–Kier alpha value is -2.14. The molecule has 0 saturated heterocycles. The molecule has 2 heterocycles. The van der Waals surface area contributed by atoms with E-state index in [4.69, 9.17) is 4.74 Å². The first-order valence-corrected chi connectivity index (χ1v) is 6.72. The third-order valence-corrected chi connectivity index (χ3v) is 3.70. The van der Waals surface area contributed by atoms with E-state index in [9.17, 15) is 0 Å². The third kappa shape index (κ3) is 2.37. The molecular formula is C14H13N3OS. The van der Waals surface area contributed by atoms with E-state index in [0.717, 1.165) is 21.5 Å². The van der Waals surface area contributed by atoms with Gasteiger partial charge in [-0.25, -0.2) is 4.98 Å². The number of pyridine rings is 1. The number of nitrogens with zero attached hydrogens (tertiary/aromatic N) is 2. The number of hydrogen-bond donors (Lipinski definition) is 1. The maximum Gasteiger partial charge on any atom is 0.218 e. The Balaban J connectivity index is 1.82. The lowest BCUT2D eigenvalue weighted by molar-refractivity contribution is 0.393. The van der Waals surface area contributed by atoms with Crippen molar-refractivity contribution in [3.63, 3.8) is 0 Å². The number of fused-ring (bicyclic) bond motifs is 1. The minimum atomic E-state index is 0.656. The first kappa shape index (κ1) is 11.9. The molecule has 0 fully saturated rings. The van der Waals surface area contributed by atoms with Gasteiger partial charge in [0.15, 0.2) is 0 Å². The average Bonchev–Trinajstić information content (AvgIpc) is 2.89. The topological polar surface area (TPSA) is 47.0 Å². The zero-order chi connectivity index (χ0) is 13.1. The molecule has 2 aromatic heterocycles. The van der Waals surface area contributed by atoms with Crippen LogP contribution in [-0.2, 0) is 6.54 Å². The van der Waals surface area contributed by atoms with Gasteiger partial charge in [0, 0.05) is 23.7 Å². The van der Waals surface area contributed by atoms with E-state index in [1.807, 2.05) is 30.3 Å². The van der Waals surface area contributed by atoms with Crippen LogP contribution in [0.25, 0.3) is 10.9 Å². The van der Waals surface area contributed by atoms with E-state index in [1.54, 1.807) is 13.3 Å². The Morgan fingerprint density at radius 3 is 3.00 bits per heavy atom. The van der Waals surface area contributed by atoms with Gasteiger partial charge in [-0.15, -0.1) is 0 Å². The first-order chi connectivity index (χ1) is 9.38. The number of aromatic nitrogens is 2. The van der Waals surface area contributed by atoms with Gasteiger partial charge in [0.25, 0.3) is 0 Å². The minimum absolute atomic E-state index is 0.656. The third-order valence-electron chi connectivity index (χ3n) is 2.87. The van der Waals surface area contributed by atoms with E-state index in [2.05, 4.69) is 20.7 Å². The molecule has 0 bridgehead atoms. The molecule has 0 saturated carbocycles. The summed E-state index contributed by atoms with van der Waals surface area (Å²) in [5, 5.41) is 5.61. The van der Waals surface area contributed by atoms with Gasteiger partial charge in [0.2, 0.25) is 5.88 Å². The van der Waals surface area contributed by atoms with E-state index in [0.29, 0.717) is 12.4 Å². The first-order valence-electron chi connectivity index (χ1n) is 5.94. The molecule has 0 spiro atoms. The summed E-state index contributed by atoms with van der Waals surface area (Å²) < 4.78 is 9.65. The highest BCUT2D eigenvalue weighted by atomic mass is 32.1. The molecule has 0 unspecified atom stereocenters. The molecule has 1 N–H and O–H groups in total. The lowest BCUT2D eigenvalue weighted by atomic mass is 10.2. The van der Waals surface area contributed by atoms with Crippen LogP contribution in [0.3, 0.4) is 0 Å². The monoisotopic (exact) mass is 271 g/mol. The van der Waals surface area contributed by atoms with Crippen LogP contribution in [0.15, 0.2) is 42.6 Å². The van der Waals surface area contributed by atoms with Crippen LogP contribution in [0.4, 0.5) is 5.00 Å². The summed E-state index contributed by atoms with van der Waals surface area (Å²) in [4.78, 5) is 4.18. The SMILES string of the molecule is COc1ncccc1CNc1snc2ccccc12. The van der Waals surface area contributed by atoms with E-state index < -0.39 is 0 Å². The van der Waals surface area contributed by atoms with Crippen LogP contribution in [-0.4, -0.2) is 16.5 Å². The molecule has 0 aliphatic heterocycles. The molecule has 1 aromatic carbocycles. The van der Waals surface area contributed by atoms with Crippen molar-refractivity contribution < 1.29 is 4.74 Å². The van der Waals surface area contributed by atoms with Crippen LogP contribution in [0.5, 0.6) is 5.88 Å². The van der Waals surface area contributed by atoms with Gasteiger partial charge in [-0.1, -0.05) is 18.2 Å². The van der Waals surface area contributed by atoms with Crippen LogP contribution in [0, 0.1) is 0 Å². The fourth-order valence-electron chi connectivity index (χ4n) is 1.93. The Bertz CT molecular complexity index is 696. The maximum absolute atomic E-state index is 5.24. The van der Waals surface area contributed by atoms with Crippen LogP contribution >= 0.6 is 11.5 Å². The van der Waals surface area contributed by atoms with Crippen molar-refractivity contribution in [2.75, 3.05) is 12.4 Å². The van der Waals surface area contributed by atoms with Crippen LogP contribution in [0.1, 0.15) is 5.56 Å². The molecule has 19 heavy (non-hydrogen) atoms. The summed E-state index contributed by atoms with van der Waals surface area (Å²) in [5.41, 5.74) is 2.05. The molecule has 5 heteroatoms. The molecule has 96 valence electrons. The van der Waals surface area contributed by atoms with Crippen molar-refractivity contribution in [1.29, 1.82) is 0 Å². The number of nitrogens with one attached hydrogen (secondary N) is 1. The number of hydrogen-bond acceptors (Lipinski definition) is 5. The number of methoxy groups -OCH3 is 1. The second-order valence-electron chi connectivity index (χ2n) is 4.05. The maximum atomic E-state index is 5.24. The fourth-order valence-corrected chi connectivity index (χ4v) is 2.69. The highest BCUT2D eigenvalue weighted by Crippen LogP contribution is 2.28. The molecule has 3 aromatic rings. The molecule has 0 radical (unpaired) electrons. The zero-order valence-electron chi connectivity index (χ0n) is 10.5. The van der Waals surface area contributed by atoms with Gasteiger partial charge < -0.3 is 10.1 Å². The molecule has 4 nitrogen and oxygen atoms in total. The summed E-state index contributed by atoms with van der Waals surface area (Å²) in [6.45, 7) is 0.670. The molecule has 0 atom stereocenters. The predicted octanol–water partition coefficient (Wildman–Crippen LogP) is 3.31. The Morgan fingerprint density at radius 1 is 1.21 bits per heavy atom. The molecule has 0 aliphatic rings. The van der Waals surface area contributed by atoms with Gasteiger partial charge in [0.1, 0.15) is 5.00 Å². The predicted molar refractivity (Wildman–Crippen MR) is 77.7 cm³/mol. The van der Waals surface area contributed by atoms with E-state index in [-0.39, 0.29) is 0 Å². The van der Waals surface area contributed by atoms with E-state index >= 15 is 0 Å². The Morgan fingerprint density at radius 2 is 2.11 bits per heavy atom. The smallest absolute Gasteiger partial charge is 0.218 e. The van der Waals surface area contributed by atoms with Gasteiger partial charge in [-0.05, 0) is 29.7 Å². The number of benzene rings is 1. The lowest BCUT2D eigenvalue weighted by Crippen LogP contribution is -2.01. The lowest BCUT2D eigenvalue weighted by Gasteiger charge is -2.07. The summed E-state index contributed by atoms with van der Waals surface area (Å²) in [6, 6.07) is 12.0. The van der Waals surface area contributed by atoms with Crippen LogP contribution in [0.2, 0.25) is 0 Å². The minimum Gasteiger partial charge on any atom is -0.481 e.